The van der Waals surface area contributed by atoms with Crippen molar-refractivity contribution in [2.45, 2.75) is 33.2 Å². The second-order valence-electron chi connectivity index (χ2n) is 5.48. The largest absolute Gasteiger partial charge is 0.387 e. The maximum Gasteiger partial charge on any atom is 0.204 e. The van der Waals surface area contributed by atoms with Crippen LogP contribution in [0.15, 0.2) is 30.3 Å². The predicted octanol–water partition coefficient (Wildman–Crippen LogP) is 2.08. The van der Waals surface area contributed by atoms with E-state index in [-0.39, 0.29) is 11.3 Å². The predicted molar refractivity (Wildman–Crippen MR) is 78.2 cm³/mol. The van der Waals surface area contributed by atoms with Gasteiger partial charge >= 0.3 is 0 Å². The van der Waals surface area contributed by atoms with Crippen LogP contribution in [-0.2, 0) is 6.54 Å². The van der Waals surface area contributed by atoms with E-state index in [2.05, 4.69) is 15.4 Å². The van der Waals surface area contributed by atoms with Gasteiger partial charge in [-0.1, -0.05) is 44.2 Å². The molecule has 6 heteroatoms. The molecule has 6 nitrogen and oxygen atoms in total. The lowest BCUT2D eigenvalue weighted by Gasteiger charge is -2.22. The molecule has 1 aromatic carbocycles. The number of aryl methyl sites for hydroxylation is 1. The molecule has 0 aliphatic rings. The number of nitrogens with zero attached hydrogens (tertiary/aromatic N) is 4. The van der Waals surface area contributed by atoms with Gasteiger partial charge in [0.15, 0.2) is 0 Å². The van der Waals surface area contributed by atoms with Crippen molar-refractivity contribution in [2.24, 2.45) is 11.1 Å². The molecule has 20 heavy (non-hydrogen) atoms. The van der Waals surface area contributed by atoms with Gasteiger partial charge in [-0.05, 0) is 18.1 Å². The number of tetrazole rings is 1. The molecule has 0 saturated heterocycles. The average Bonchev–Trinajstić information content (AvgIpc) is 2.88. The molecule has 3 N–H and O–H groups in total. The third-order valence-electron chi connectivity index (χ3n) is 3.37. The van der Waals surface area contributed by atoms with E-state index >= 15 is 0 Å². The van der Waals surface area contributed by atoms with Crippen molar-refractivity contribution in [1.82, 2.24) is 20.2 Å². The van der Waals surface area contributed by atoms with Gasteiger partial charge in [0.25, 0.3) is 0 Å². The van der Waals surface area contributed by atoms with Gasteiger partial charge in [-0.2, -0.15) is 4.80 Å². The van der Waals surface area contributed by atoms with Crippen molar-refractivity contribution in [3.05, 3.63) is 30.3 Å². The zero-order valence-corrected chi connectivity index (χ0v) is 11.9. The number of nitrogens with one attached hydrogen (secondary N) is 1. The van der Waals surface area contributed by atoms with Crippen LogP contribution in [0, 0.1) is 10.8 Å². The molecular weight excluding hydrogens is 252 g/mol. The standard InChI is InChI=1S/C14H20N6/c1-14(2,13(15)16)9-6-10-20-18-12(17-19-20)11-7-4-3-5-8-11/h3-5,7-8H,6,9-10H2,1-2H3,(H3,15,16). The topological polar surface area (TPSA) is 93.5 Å². The first-order valence-corrected chi connectivity index (χ1v) is 6.67. The van der Waals surface area contributed by atoms with Crippen molar-refractivity contribution >= 4 is 5.84 Å². The lowest BCUT2D eigenvalue weighted by atomic mass is 9.87. The smallest absolute Gasteiger partial charge is 0.204 e. The molecule has 0 bridgehead atoms. The number of hydrogen-bond donors (Lipinski definition) is 2. The molecule has 0 fully saturated rings. The molecule has 0 amide bonds. The maximum absolute atomic E-state index is 7.52. The summed E-state index contributed by atoms with van der Waals surface area (Å²) in [5, 5.41) is 20.0. The molecular formula is C14H20N6. The fraction of sp³-hybridized carbons (Fsp3) is 0.429. The van der Waals surface area contributed by atoms with Crippen LogP contribution >= 0.6 is 0 Å². The Morgan fingerprint density at radius 3 is 2.65 bits per heavy atom. The maximum atomic E-state index is 7.52. The minimum atomic E-state index is -0.275. The van der Waals surface area contributed by atoms with Gasteiger partial charge in [-0.15, -0.1) is 10.2 Å². The van der Waals surface area contributed by atoms with Gasteiger partial charge in [0.05, 0.1) is 12.4 Å². The van der Waals surface area contributed by atoms with Crippen molar-refractivity contribution in [1.29, 1.82) is 5.41 Å². The van der Waals surface area contributed by atoms with Crippen LogP contribution in [0.25, 0.3) is 11.4 Å². The molecule has 0 atom stereocenters. The van der Waals surface area contributed by atoms with E-state index < -0.39 is 0 Å². The molecule has 0 unspecified atom stereocenters. The Hall–Kier alpha value is -2.24. The Kier molecular flexibility index (Phi) is 4.12. The molecule has 2 rings (SSSR count). The summed E-state index contributed by atoms with van der Waals surface area (Å²) in [6.07, 6.45) is 1.68. The molecule has 106 valence electrons. The Morgan fingerprint density at radius 1 is 1.30 bits per heavy atom. The highest BCUT2D eigenvalue weighted by molar-refractivity contribution is 5.82. The summed E-state index contributed by atoms with van der Waals surface area (Å²) in [6.45, 7) is 4.62. The summed E-state index contributed by atoms with van der Waals surface area (Å²) < 4.78 is 0. The van der Waals surface area contributed by atoms with Gasteiger partial charge in [-0.25, -0.2) is 0 Å². The third kappa shape index (κ3) is 3.40. The quantitative estimate of drug-likeness (QED) is 0.622. The van der Waals surface area contributed by atoms with Crippen LogP contribution in [0.4, 0.5) is 0 Å². The summed E-state index contributed by atoms with van der Waals surface area (Å²) in [5.41, 5.74) is 6.25. The first kappa shape index (κ1) is 14.2. The van der Waals surface area contributed by atoms with Crippen molar-refractivity contribution < 1.29 is 0 Å². The van der Waals surface area contributed by atoms with E-state index in [4.69, 9.17) is 11.1 Å². The van der Waals surface area contributed by atoms with E-state index in [1.54, 1.807) is 4.80 Å². The Bertz CT molecular complexity index is 572. The summed E-state index contributed by atoms with van der Waals surface area (Å²) in [5.74, 6) is 0.852. The molecule has 0 saturated carbocycles. The van der Waals surface area contributed by atoms with E-state index in [9.17, 15) is 0 Å². The van der Waals surface area contributed by atoms with Crippen LogP contribution in [0.1, 0.15) is 26.7 Å². The molecule has 0 spiro atoms. The number of rotatable bonds is 6. The van der Waals surface area contributed by atoms with Gasteiger partial charge in [0.1, 0.15) is 0 Å². The number of benzene rings is 1. The summed E-state index contributed by atoms with van der Waals surface area (Å²) in [7, 11) is 0. The van der Waals surface area contributed by atoms with Crippen LogP contribution in [0.2, 0.25) is 0 Å². The first-order chi connectivity index (χ1) is 9.49. The summed E-state index contributed by atoms with van der Waals surface area (Å²) in [6, 6.07) is 9.77. The SMILES string of the molecule is CC(C)(CCCn1nnc(-c2ccccc2)n1)C(=N)N. The Balaban J connectivity index is 1.93. The van der Waals surface area contributed by atoms with Gasteiger partial charge in [0, 0.05) is 11.0 Å². The Morgan fingerprint density at radius 2 is 2.00 bits per heavy atom. The van der Waals surface area contributed by atoms with Crippen molar-refractivity contribution in [2.75, 3.05) is 0 Å². The summed E-state index contributed by atoms with van der Waals surface area (Å²) in [4.78, 5) is 1.60. The molecule has 0 radical (unpaired) electrons. The van der Waals surface area contributed by atoms with Gasteiger partial charge in [0.2, 0.25) is 5.82 Å². The van der Waals surface area contributed by atoms with Gasteiger partial charge in [-0.3, -0.25) is 5.41 Å². The van der Waals surface area contributed by atoms with E-state index in [0.29, 0.717) is 12.4 Å². The zero-order valence-electron chi connectivity index (χ0n) is 11.9. The average molecular weight is 272 g/mol. The van der Waals surface area contributed by atoms with Crippen molar-refractivity contribution in [3.8, 4) is 11.4 Å². The molecule has 0 aliphatic carbocycles. The lowest BCUT2D eigenvalue weighted by Crippen LogP contribution is -2.31. The summed E-state index contributed by atoms with van der Waals surface area (Å²) >= 11 is 0. The third-order valence-corrected chi connectivity index (χ3v) is 3.37. The number of hydrogen-bond acceptors (Lipinski definition) is 4. The minimum absolute atomic E-state index is 0.217. The van der Waals surface area contributed by atoms with Crippen LogP contribution in [0.3, 0.4) is 0 Å². The van der Waals surface area contributed by atoms with E-state index in [1.165, 1.54) is 0 Å². The molecule has 2 aromatic rings. The van der Waals surface area contributed by atoms with Crippen LogP contribution < -0.4 is 5.73 Å². The van der Waals surface area contributed by atoms with E-state index in [1.807, 2.05) is 44.2 Å². The van der Waals surface area contributed by atoms with Crippen LogP contribution in [-0.4, -0.2) is 26.0 Å². The second-order valence-corrected chi connectivity index (χ2v) is 5.48. The molecule has 1 heterocycles. The highest BCUT2D eigenvalue weighted by Crippen LogP contribution is 2.22. The highest BCUT2D eigenvalue weighted by Gasteiger charge is 2.21. The fourth-order valence-corrected chi connectivity index (χ4v) is 1.84. The fourth-order valence-electron chi connectivity index (χ4n) is 1.84. The van der Waals surface area contributed by atoms with Gasteiger partial charge < -0.3 is 5.73 Å². The Labute approximate surface area is 118 Å². The number of amidine groups is 1. The van der Waals surface area contributed by atoms with E-state index in [0.717, 1.165) is 18.4 Å². The zero-order chi connectivity index (χ0) is 14.6. The lowest BCUT2D eigenvalue weighted by molar-refractivity contribution is 0.401. The second kappa shape index (κ2) is 5.81. The van der Waals surface area contributed by atoms with Crippen molar-refractivity contribution in [3.63, 3.8) is 0 Å². The normalized spacial score (nSPS) is 11.5. The number of nitrogens with two attached hydrogens (primary N) is 1. The minimum Gasteiger partial charge on any atom is -0.387 e. The highest BCUT2D eigenvalue weighted by atomic mass is 15.6. The number of aromatic nitrogens is 4. The van der Waals surface area contributed by atoms with Crippen LogP contribution in [0.5, 0.6) is 0 Å². The first-order valence-electron chi connectivity index (χ1n) is 6.67. The molecule has 0 aliphatic heterocycles. The molecule has 1 aromatic heterocycles. The monoisotopic (exact) mass is 272 g/mol.